The molecule has 0 spiro atoms. The lowest BCUT2D eigenvalue weighted by Gasteiger charge is -2.23. The highest BCUT2D eigenvalue weighted by Crippen LogP contribution is 2.45. The smallest absolute Gasteiger partial charge is 0.318 e. The van der Waals surface area contributed by atoms with Crippen LogP contribution in [0.5, 0.6) is 0 Å². The van der Waals surface area contributed by atoms with E-state index in [1.165, 1.54) is 5.56 Å². The maximum absolute atomic E-state index is 12.1. The van der Waals surface area contributed by atoms with Gasteiger partial charge in [0.1, 0.15) is 0 Å². The number of rotatable bonds is 2. The van der Waals surface area contributed by atoms with Crippen molar-refractivity contribution >= 4 is 17.6 Å². The molecule has 96 valence electrons. The van der Waals surface area contributed by atoms with E-state index in [-0.39, 0.29) is 11.6 Å². The van der Waals surface area contributed by atoms with E-state index in [0.717, 1.165) is 43.8 Å². The van der Waals surface area contributed by atoms with Crippen molar-refractivity contribution in [3.05, 3.63) is 34.9 Å². The number of amides is 2. The Balaban J connectivity index is 1.71. The average molecular weight is 265 g/mol. The van der Waals surface area contributed by atoms with Gasteiger partial charge in [0, 0.05) is 18.1 Å². The molecule has 0 aromatic heterocycles. The molecule has 0 bridgehead atoms. The monoisotopic (exact) mass is 264 g/mol. The zero-order chi connectivity index (χ0) is 12.6. The molecule has 3 rings (SSSR count). The molecule has 1 aliphatic heterocycles. The fourth-order valence-electron chi connectivity index (χ4n) is 2.58. The summed E-state index contributed by atoms with van der Waals surface area (Å²) in [5.74, 6) is 0. The second-order valence-corrected chi connectivity index (χ2v) is 5.65. The second-order valence-electron chi connectivity index (χ2n) is 5.21. The first-order valence-corrected chi connectivity index (χ1v) is 6.91. The first-order chi connectivity index (χ1) is 8.70. The van der Waals surface area contributed by atoms with Crippen molar-refractivity contribution in [1.29, 1.82) is 0 Å². The molecule has 0 atom stereocenters. The molecule has 0 radical (unpaired) electrons. The van der Waals surface area contributed by atoms with E-state index < -0.39 is 0 Å². The third kappa shape index (κ3) is 2.19. The molecule has 1 saturated carbocycles. The van der Waals surface area contributed by atoms with Gasteiger partial charge >= 0.3 is 6.03 Å². The van der Waals surface area contributed by atoms with E-state index in [0.29, 0.717) is 0 Å². The first-order valence-electron chi connectivity index (χ1n) is 6.53. The van der Waals surface area contributed by atoms with Crippen LogP contribution in [-0.2, 0) is 5.54 Å². The zero-order valence-corrected chi connectivity index (χ0v) is 11.0. The highest BCUT2D eigenvalue weighted by atomic mass is 35.5. The maximum atomic E-state index is 12.1. The molecule has 2 fully saturated rings. The Labute approximate surface area is 112 Å². The van der Waals surface area contributed by atoms with Crippen molar-refractivity contribution in [3.8, 4) is 0 Å². The molecule has 1 N–H and O–H groups in total. The highest BCUT2D eigenvalue weighted by molar-refractivity contribution is 6.30. The molecule has 1 aromatic rings. The minimum Gasteiger partial charge on any atom is -0.328 e. The Kier molecular flexibility index (Phi) is 2.94. The number of halogens is 1. The number of hydrogen-bond acceptors (Lipinski definition) is 1. The number of nitrogens with one attached hydrogen (secondary N) is 1. The van der Waals surface area contributed by atoms with Gasteiger partial charge in [-0.2, -0.15) is 0 Å². The van der Waals surface area contributed by atoms with Gasteiger partial charge in [0.05, 0.1) is 5.54 Å². The van der Waals surface area contributed by atoms with Gasteiger partial charge in [0.2, 0.25) is 0 Å². The summed E-state index contributed by atoms with van der Waals surface area (Å²) in [5.41, 5.74) is 1.03. The van der Waals surface area contributed by atoms with E-state index in [1.807, 2.05) is 29.2 Å². The fraction of sp³-hybridized carbons (Fsp3) is 0.500. The number of urea groups is 1. The Bertz CT molecular complexity index is 447. The fourth-order valence-corrected chi connectivity index (χ4v) is 2.71. The van der Waals surface area contributed by atoms with Crippen molar-refractivity contribution in [2.75, 3.05) is 13.1 Å². The van der Waals surface area contributed by atoms with E-state index in [2.05, 4.69) is 5.32 Å². The normalized spacial score (nSPS) is 20.8. The summed E-state index contributed by atoms with van der Waals surface area (Å²) >= 11 is 5.90. The summed E-state index contributed by atoms with van der Waals surface area (Å²) in [6.45, 7) is 1.78. The zero-order valence-electron chi connectivity index (χ0n) is 10.3. The van der Waals surface area contributed by atoms with Gasteiger partial charge < -0.3 is 10.2 Å². The quantitative estimate of drug-likeness (QED) is 0.875. The summed E-state index contributed by atoms with van der Waals surface area (Å²) in [5, 5.41) is 3.93. The van der Waals surface area contributed by atoms with Gasteiger partial charge in [-0.3, -0.25) is 0 Å². The van der Waals surface area contributed by atoms with E-state index in [4.69, 9.17) is 11.6 Å². The van der Waals surface area contributed by atoms with Crippen molar-refractivity contribution in [2.45, 2.75) is 31.2 Å². The van der Waals surface area contributed by atoms with Gasteiger partial charge in [-0.25, -0.2) is 4.79 Å². The summed E-state index contributed by atoms with van der Waals surface area (Å²) in [6.07, 6.45) is 4.30. The van der Waals surface area contributed by atoms with Crippen LogP contribution in [0.1, 0.15) is 31.2 Å². The minimum absolute atomic E-state index is 0.0833. The molecule has 3 nitrogen and oxygen atoms in total. The largest absolute Gasteiger partial charge is 0.328 e. The molecule has 4 heteroatoms. The minimum atomic E-state index is -0.135. The van der Waals surface area contributed by atoms with Crippen molar-refractivity contribution in [1.82, 2.24) is 10.2 Å². The topological polar surface area (TPSA) is 32.3 Å². The maximum Gasteiger partial charge on any atom is 0.318 e. The Morgan fingerprint density at radius 3 is 2.33 bits per heavy atom. The molecule has 1 aromatic carbocycles. The summed E-state index contributed by atoms with van der Waals surface area (Å²) in [4.78, 5) is 14.0. The van der Waals surface area contributed by atoms with Crippen LogP contribution in [0.15, 0.2) is 24.3 Å². The van der Waals surface area contributed by atoms with Crippen LogP contribution in [0.4, 0.5) is 4.79 Å². The third-order valence-electron chi connectivity index (χ3n) is 3.89. The van der Waals surface area contributed by atoms with Crippen LogP contribution in [0.3, 0.4) is 0 Å². The molecule has 2 amide bonds. The lowest BCUT2D eigenvalue weighted by atomic mass is 10.1. The van der Waals surface area contributed by atoms with Crippen LogP contribution in [-0.4, -0.2) is 24.0 Å². The van der Waals surface area contributed by atoms with E-state index in [1.54, 1.807) is 0 Å². The summed E-state index contributed by atoms with van der Waals surface area (Å²) < 4.78 is 0. The number of carbonyl (C=O) groups excluding carboxylic acids is 1. The predicted octanol–water partition coefficient (Wildman–Crippen LogP) is 3.13. The highest BCUT2D eigenvalue weighted by Gasteiger charge is 2.46. The van der Waals surface area contributed by atoms with Gasteiger partial charge in [-0.1, -0.05) is 23.7 Å². The Morgan fingerprint density at radius 1 is 1.17 bits per heavy atom. The number of benzene rings is 1. The molecule has 1 saturated heterocycles. The third-order valence-corrected chi connectivity index (χ3v) is 4.14. The van der Waals surface area contributed by atoms with Crippen LogP contribution in [0.2, 0.25) is 5.02 Å². The van der Waals surface area contributed by atoms with E-state index in [9.17, 15) is 4.79 Å². The molecular formula is C14H17ClN2O. The van der Waals surface area contributed by atoms with Gasteiger partial charge in [0.15, 0.2) is 0 Å². The number of likely N-dealkylation sites (tertiary alicyclic amines) is 1. The summed E-state index contributed by atoms with van der Waals surface area (Å²) in [6, 6.07) is 7.89. The number of nitrogens with zero attached hydrogens (tertiary/aromatic N) is 1. The van der Waals surface area contributed by atoms with Crippen molar-refractivity contribution < 1.29 is 4.79 Å². The van der Waals surface area contributed by atoms with Crippen LogP contribution < -0.4 is 5.32 Å². The molecule has 18 heavy (non-hydrogen) atoms. The SMILES string of the molecule is O=C(NC1(c2ccc(Cl)cc2)CC1)N1CCCC1. The van der Waals surface area contributed by atoms with Crippen LogP contribution in [0, 0.1) is 0 Å². The molecule has 0 unspecified atom stereocenters. The molecule has 1 aliphatic carbocycles. The van der Waals surface area contributed by atoms with Gasteiger partial charge in [0.25, 0.3) is 0 Å². The average Bonchev–Trinajstić information content (AvgIpc) is 2.94. The predicted molar refractivity (Wildman–Crippen MR) is 71.7 cm³/mol. The molecular weight excluding hydrogens is 248 g/mol. The van der Waals surface area contributed by atoms with Gasteiger partial charge in [-0.05, 0) is 43.4 Å². The Hall–Kier alpha value is -1.22. The van der Waals surface area contributed by atoms with Gasteiger partial charge in [-0.15, -0.1) is 0 Å². The van der Waals surface area contributed by atoms with Crippen LogP contribution in [0.25, 0.3) is 0 Å². The first kappa shape index (κ1) is 11.8. The second kappa shape index (κ2) is 4.47. The number of carbonyl (C=O) groups is 1. The molecule has 1 heterocycles. The number of hydrogen-bond donors (Lipinski definition) is 1. The van der Waals surface area contributed by atoms with Crippen LogP contribution >= 0.6 is 11.6 Å². The van der Waals surface area contributed by atoms with Crippen molar-refractivity contribution in [2.24, 2.45) is 0 Å². The lowest BCUT2D eigenvalue weighted by Crippen LogP contribution is -2.43. The Morgan fingerprint density at radius 2 is 1.78 bits per heavy atom. The lowest BCUT2D eigenvalue weighted by molar-refractivity contribution is 0.203. The standard InChI is InChI=1S/C14H17ClN2O/c15-12-5-3-11(4-6-12)14(7-8-14)16-13(18)17-9-1-2-10-17/h3-6H,1-2,7-10H2,(H,16,18). The summed E-state index contributed by atoms with van der Waals surface area (Å²) in [7, 11) is 0. The van der Waals surface area contributed by atoms with E-state index >= 15 is 0 Å². The molecule has 2 aliphatic rings. The van der Waals surface area contributed by atoms with Crippen molar-refractivity contribution in [3.63, 3.8) is 0 Å².